The maximum absolute atomic E-state index is 12.2. The summed E-state index contributed by atoms with van der Waals surface area (Å²) in [6.07, 6.45) is 5.54. The van der Waals surface area contributed by atoms with Gasteiger partial charge in [0.05, 0.1) is 24.1 Å². The molecule has 35 heavy (non-hydrogen) atoms. The van der Waals surface area contributed by atoms with Gasteiger partial charge in [-0.05, 0) is 97.7 Å². The van der Waals surface area contributed by atoms with Crippen LogP contribution in [0.4, 0.5) is 0 Å². The summed E-state index contributed by atoms with van der Waals surface area (Å²) in [5.41, 5.74) is 0.00776. The average Bonchev–Trinajstić information content (AvgIpc) is 3.13. The summed E-state index contributed by atoms with van der Waals surface area (Å²) < 4.78 is 30.5. The molecule has 4 aliphatic rings. The van der Waals surface area contributed by atoms with Crippen LogP contribution in [0.3, 0.4) is 0 Å². The zero-order valence-corrected chi connectivity index (χ0v) is 22.2. The molecule has 0 aromatic heterocycles. The number of carbonyl (C=O) groups is 1. The Morgan fingerprint density at radius 2 is 1.63 bits per heavy atom. The fourth-order valence-electron chi connectivity index (χ4n) is 9.18. The summed E-state index contributed by atoms with van der Waals surface area (Å²) in [5, 5.41) is 35.4. The lowest BCUT2D eigenvalue weighted by molar-refractivity contribution is -0.223. The second-order valence-corrected chi connectivity index (χ2v) is 14.3. The Labute approximate surface area is 210 Å². The molecule has 0 aliphatic heterocycles. The van der Waals surface area contributed by atoms with Crippen molar-refractivity contribution in [2.75, 3.05) is 12.3 Å². The largest absolute Gasteiger partial charge is 0.393 e. The van der Waals surface area contributed by atoms with Gasteiger partial charge < -0.3 is 20.6 Å². The number of aliphatic hydroxyl groups excluding tert-OH is 3. The van der Waals surface area contributed by atoms with E-state index in [0.29, 0.717) is 42.9 Å². The summed E-state index contributed by atoms with van der Waals surface area (Å²) in [6.45, 7) is 6.75. The first-order chi connectivity index (χ1) is 16.3. The van der Waals surface area contributed by atoms with Crippen LogP contribution in [0.2, 0.25) is 0 Å². The molecule has 0 saturated heterocycles. The van der Waals surface area contributed by atoms with Crippen molar-refractivity contribution in [3.8, 4) is 0 Å². The van der Waals surface area contributed by atoms with Gasteiger partial charge in [-0.2, -0.15) is 8.42 Å². The highest BCUT2D eigenvalue weighted by atomic mass is 32.2. The first-order valence-electron chi connectivity index (χ1n) is 13.5. The predicted octanol–water partition coefficient (Wildman–Crippen LogP) is 2.37. The van der Waals surface area contributed by atoms with Crippen LogP contribution in [0.15, 0.2) is 0 Å². The monoisotopic (exact) mass is 515 g/mol. The summed E-state index contributed by atoms with van der Waals surface area (Å²) in [7, 11) is -4.08. The SMILES string of the molecule is CC(CCC(=O)NCCS(=O)(=O)O)C1CCC2C3C(CC[C@]12C)[C@@]1(C)CC[C@@H](O)CC1[C@@H](O)[C@H]3O. The molecule has 0 spiro atoms. The number of rotatable bonds is 7. The zero-order chi connectivity index (χ0) is 25.8. The number of hydrogen-bond donors (Lipinski definition) is 5. The van der Waals surface area contributed by atoms with Gasteiger partial charge in [-0.15, -0.1) is 0 Å². The van der Waals surface area contributed by atoms with E-state index in [0.717, 1.165) is 38.5 Å². The number of hydrogen-bond acceptors (Lipinski definition) is 6. The molecule has 0 aromatic rings. The molecule has 0 bridgehead atoms. The molecule has 6 unspecified atom stereocenters. The van der Waals surface area contributed by atoms with Gasteiger partial charge in [0.25, 0.3) is 10.1 Å². The van der Waals surface area contributed by atoms with Crippen LogP contribution in [0.25, 0.3) is 0 Å². The molecule has 4 saturated carbocycles. The van der Waals surface area contributed by atoms with E-state index in [1.54, 1.807) is 0 Å². The van der Waals surface area contributed by atoms with E-state index in [9.17, 15) is 28.5 Å². The summed E-state index contributed by atoms with van der Waals surface area (Å²) in [5.74, 6) is 0.781. The van der Waals surface area contributed by atoms with E-state index in [1.165, 1.54) is 0 Å². The quantitative estimate of drug-likeness (QED) is 0.327. The first kappa shape index (κ1) is 27.3. The molecule has 202 valence electrons. The van der Waals surface area contributed by atoms with E-state index >= 15 is 0 Å². The second kappa shape index (κ2) is 9.86. The van der Waals surface area contributed by atoms with Crippen LogP contribution in [0, 0.1) is 46.3 Å². The predicted molar refractivity (Wildman–Crippen MR) is 132 cm³/mol. The molecule has 0 heterocycles. The molecule has 4 aliphatic carbocycles. The van der Waals surface area contributed by atoms with Gasteiger partial charge in [0, 0.05) is 13.0 Å². The molecule has 8 nitrogen and oxygen atoms in total. The van der Waals surface area contributed by atoms with Gasteiger partial charge in [-0.25, -0.2) is 0 Å². The van der Waals surface area contributed by atoms with Crippen LogP contribution >= 0.6 is 0 Å². The molecular formula is C26H45NO7S. The highest BCUT2D eigenvalue weighted by Crippen LogP contribution is 2.68. The fraction of sp³-hybridized carbons (Fsp3) is 0.962. The number of fused-ring (bicyclic) bond motifs is 5. The second-order valence-electron chi connectivity index (χ2n) is 12.7. The minimum atomic E-state index is -4.08. The lowest BCUT2D eigenvalue weighted by Gasteiger charge is -2.63. The molecule has 4 rings (SSSR count). The van der Waals surface area contributed by atoms with E-state index in [2.05, 4.69) is 26.1 Å². The van der Waals surface area contributed by atoms with Crippen LogP contribution < -0.4 is 5.32 Å². The molecule has 9 heteroatoms. The van der Waals surface area contributed by atoms with Gasteiger partial charge in [-0.3, -0.25) is 9.35 Å². The number of nitrogens with one attached hydrogen (secondary N) is 1. The lowest BCUT2D eigenvalue weighted by Crippen LogP contribution is -2.64. The van der Waals surface area contributed by atoms with Gasteiger partial charge in [0.15, 0.2) is 0 Å². The van der Waals surface area contributed by atoms with Crippen molar-refractivity contribution >= 4 is 16.0 Å². The Hall–Kier alpha value is -0.740. The van der Waals surface area contributed by atoms with Crippen LogP contribution in [0.1, 0.15) is 78.6 Å². The van der Waals surface area contributed by atoms with Gasteiger partial charge in [0.1, 0.15) is 0 Å². The van der Waals surface area contributed by atoms with Crippen LogP contribution in [0.5, 0.6) is 0 Å². The van der Waals surface area contributed by atoms with Crippen molar-refractivity contribution in [3.05, 3.63) is 0 Å². The number of aliphatic hydroxyl groups is 3. The van der Waals surface area contributed by atoms with E-state index in [1.807, 2.05) is 0 Å². The Kier molecular flexibility index (Phi) is 7.69. The Morgan fingerprint density at radius 3 is 2.31 bits per heavy atom. The molecule has 0 radical (unpaired) electrons. The molecule has 1 amide bonds. The number of amides is 1. The van der Waals surface area contributed by atoms with Crippen molar-refractivity contribution in [1.29, 1.82) is 0 Å². The maximum Gasteiger partial charge on any atom is 0.266 e. The third-order valence-electron chi connectivity index (χ3n) is 11.0. The fourth-order valence-corrected chi connectivity index (χ4v) is 9.54. The van der Waals surface area contributed by atoms with Crippen LogP contribution in [-0.2, 0) is 14.9 Å². The van der Waals surface area contributed by atoms with Gasteiger partial charge in [0.2, 0.25) is 5.91 Å². The lowest BCUT2D eigenvalue weighted by atomic mass is 9.43. The smallest absolute Gasteiger partial charge is 0.266 e. The molecule has 0 aromatic carbocycles. The van der Waals surface area contributed by atoms with E-state index in [4.69, 9.17) is 4.55 Å². The normalized spacial score (nSPS) is 46.3. The number of carbonyl (C=O) groups excluding carboxylic acids is 1. The first-order valence-corrected chi connectivity index (χ1v) is 15.1. The van der Waals surface area contributed by atoms with E-state index in [-0.39, 0.29) is 41.2 Å². The Morgan fingerprint density at radius 1 is 0.971 bits per heavy atom. The van der Waals surface area contributed by atoms with Crippen molar-refractivity contribution in [2.24, 2.45) is 46.3 Å². The minimum Gasteiger partial charge on any atom is -0.393 e. The summed E-state index contributed by atoms with van der Waals surface area (Å²) in [6, 6.07) is 0. The molecule has 4 fully saturated rings. The van der Waals surface area contributed by atoms with E-state index < -0.39 is 28.1 Å². The third kappa shape index (κ3) is 5.05. The van der Waals surface area contributed by atoms with Crippen molar-refractivity contribution in [3.63, 3.8) is 0 Å². The summed E-state index contributed by atoms with van der Waals surface area (Å²) >= 11 is 0. The standard InChI is InChI=1S/C26H45NO7S/c1-15(4-7-21(29)27-12-13-35(32,33)34)17-5-6-18-22-19(9-11-25(17,18)2)26(3)10-8-16(28)14-20(26)23(30)24(22)31/h15-20,22-24,28,30-31H,4-14H2,1-3H3,(H,27,29)(H,32,33,34)/t15?,16-,17?,18?,19?,20?,22?,23-,24+,25-,26-/m1/s1. The minimum absolute atomic E-state index is 0.0479. The zero-order valence-electron chi connectivity index (χ0n) is 21.4. The van der Waals surface area contributed by atoms with Crippen molar-refractivity contribution in [2.45, 2.75) is 96.9 Å². The maximum atomic E-state index is 12.2. The Balaban J connectivity index is 1.42. The van der Waals surface area contributed by atoms with Gasteiger partial charge >= 0.3 is 0 Å². The Bertz CT molecular complexity index is 896. The van der Waals surface area contributed by atoms with Crippen LogP contribution in [-0.4, -0.2) is 64.8 Å². The molecular weight excluding hydrogens is 470 g/mol. The highest BCUT2D eigenvalue weighted by molar-refractivity contribution is 7.85. The molecule has 5 N–H and O–H groups in total. The van der Waals surface area contributed by atoms with Crippen molar-refractivity contribution in [1.82, 2.24) is 5.32 Å². The van der Waals surface area contributed by atoms with Gasteiger partial charge in [-0.1, -0.05) is 20.8 Å². The third-order valence-corrected chi connectivity index (χ3v) is 11.7. The summed E-state index contributed by atoms with van der Waals surface area (Å²) in [4.78, 5) is 12.2. The van der Waals surface area contributed by atoms with Crippen molar-refractivity contribution < 1.29 is 33.1 Å². The highest BCUT2D eigenvalue weighted by Gasteiger charge is 2.65. The average molecular weight is 516 g/mol. The molecule has 11 atom stereocenters. The topological polar surface area (TPSA) is 144 Å².